The first-order chi connectivity index (χ1) is 10.6. The Balaban J connectivity index is 1.95. The fourth-order valence-electron chi connectivity index (χ4n) is 2.65. The smallest absolute Gasteiger partial charge is 0.260 e. The van der Waals surface area contributed by atoms with E-state index in [2.05, 4.69) is 15.9 Å². The molecule has 2 aromatic carbocycles. The molecular weight excluding hydrogens is 346 g/mol. The molecule has 0 unspecified atom stereocenters. The molecule has 1 amide bonds. The fraction of sp³-hybridized carbons (Fsp3) is 0.235. The van der Waals surface area contributed by atoms with E-state index in [1.807, 2.05) is 43.3 Å². The first kappa shape index (κ1) is 15.1. The first-order valence-corrected chi connectivity index (χ1v) is 7.90. The Morgan fingerprint density at radius 3 is 2.82 bits per heavy atom. The number of rotatable bonds is 4. The van der Waals surface area contributed by atoms with Gasteiger partial charge in [0.05, 0.1) is 18.8 Å². The third kappa shape index (κ3) is 2.62. The number of aliphatic hydroxyl groups is 1. The van der Waals surface area contributed by atoms with Gasteiger partial charge in [0.2, 0.25) is 0 Å². The Morgan fingerprint density at radius 1 is 1.27 bits per heavy atom. The maximum Gasteiger partial charge on any atom is 0.260 e. The van der Waals surface area contributed by atoms with Gasteiger partial charge >= 0.3 is 0 Å². The summed E-state index contributed by atoms with van der Waals surface area (Å²) in [5.74, 6) is 0.456. The van der Waals surface area contributed by atoms with Crippen molar-refractivity contribution in [3.8, 4) is 5.75 Å². The second-order valence-electron chi connectivity index (χ2n) is 5.07. The van der Waals surface area contributed by atoms with Crippen LogP contribution >= 0.6 is 15.9 Å². The van der Waals surface area contributed by atoms with Crippen LogP contribution in [0.2, 0.25) is 0 Å². The molecule has 0 spiro atoms. The van der Waals surface area contributed by atoms with E-state index >= 15 is 0 Å². The number of anilines is 1. The summed E-state index contributed by atoms with van der Waals surface area (Å²) in [7, 11) is 0. The number of benzene rings is 2. The van der Waals surface area contributed by atoms with Crippen molar-refractivity contribution in [3.63, 3.8) is 0 Å². The molecule has 1 aliphatic rings. The zero-order valence-corrected chi connectivity index (χ0v) is 13.7. The van der Waals surface area contributed by atoms with Crippen LogP contribution in [0.5, 0.6) is 5.75 Å². The van der Waals surface area contributed by atoms with Crippen LogP contribution in [-0.2, 0) is 11.3 Å². The van der Waals surface area contributed by atoms with Gasteiger partial charge < -0.3 is 14.7 Å². The summed E-state index contributed by atoms with van der Waals surface area (Å²) in [4.78, 5) is 14.0. The highest BCUT2D eigenvalue weighted by Crippen LogP contribution is 2.39. The van der Waals surface area contributed by atoms with Gasteiger partial charge in [-0.2, -0.15) is 0 Å². The number of nitrogens with zero attached hydrogens (tertiary/aromatic N) is 1. The Kier molecular flexibility index (Phi) is 4.18. The van der Waals surface area contributed by atoms with E-state index in [4.69, 9.17) is 4.74 Å². The largest absolute Gasteiger partial charge is 0.494 e. The second-order valence-corrected chi connectivity index (χ2v) is 5.99. The third-order valence-corrected chi connectivity index (χ3v) is 4.17. The van der Waals surface area contributed by atoms with Gasteiger partial charge in [0.15, 0.2) is 6.10 Å². The molecule has 114 valence electrons. The minimum absolute atomic E-state index is 0.306. The fourth-order valence-corrected chi connectivity index (χ4v) is 3.03. The molecule has 2 aromatic rings. The summed E-state index contributed by atoms with van der Waals surface area (Å²) in [6.07, 6.45) is -1.10. The summed E-state index contributed by atoms with van der Waals surface area (Å²) < 4.78 is 6.45. The molecule has 5 heteroatoms. The zero-order chi connectivity index (χ0) is 15.7. The number of halogens is 1. The van der Waals surface area contributed by atoms with E-state index in [0.717, 1.165) is 21.5 Å². The highest BCUT2D eigenvalue weighted by molar-refractivity contribution is 9.10. The van der Waals surface area contributed by atoms with Crippen molar-refractivity contribution in [1.82, 2.24) is 0 Å². The lowest BCUT2D eigenvalue weighted by atomic mass is 10.1. The number of amides is 1. The molecule has 0 aromatic heterocycles. The van der Waals surface area contributed by atoms with Gasteiger partial charge in [-0.05, 0) is 31.2 Å². The lowest BCUT2D eigenvalue weighted by Gasteiger charge is -2.19. The van der Waals surface area contributed by atoms with Crippen LogP contribution in [-0.4, -0.2) is 17.6 Å². The predicted octanol–water partition coefficient (Wildman–Crippen LogP) is 3.43. The molecule has 0 aliphatic carbocycles. The van der Waals surface area contributed by atoms with Crippen molar-refractivity contribution in [2.75, 3.05) is 11.5 Å². The number of hydrogen-bond acceptors (Lipinski definition) is 3. The molecule has 0 radical (unpaired) electrons. The average molecular weight is 362 g/mol. The van der Waals surface area contributed by atoms with E-state index in [9.17, 15) is 9.90 Å². The molecule has 4 nitrogen and oxygen atoms in total. The molecule has 1 N–H and O–H groups in total. The van der Waals surface area contributed by atoms with E-state index < -0.39 is 6.10 Å². The standard InChI is InChI=1S/C17H16BrNO3/c1-2-22-15-6-4-3-5-11(15)10-19-14-8-7-12(18)9-13(14)16(20)17(19)21/h3-9,16,20H,2,10H2,1H3/t16-/m0/s1. The van der Waals surface area contributed by atoms with Crippen LogP contribution in [0, 0.1) is 0 Å². The number of aliphatic hydroxyl groups excluding tert-OH is 1. The molecule has 0 saturated carbocycles. The SMILES string of the molecule is CCOc1ccccc1CN1C(=O)[C@@H](O)c2cc(Br)ccc21. The maximum absolute atomic E-state index is 12.4. The molecule has 1 heterocycles. The summed E-state index contributed by atoms with van der Waals surface area (Å²) >= 11 is 3.37. The molecule has 0 fully saturated rings. The highest BCUT2D eigenvalue weighted by Gasteiger charge is 2.36. The van der Waals surface area contributed by atoms with Crippen LogP contribution in [0.4, 0.5) is 5.69 Å². The van der Waals surface area contributed by atoms with Crippen LogP contribution in [0.25, 0.3) is 0 Å². The zero-order valence-electron chi connectivity index (χ0n) is 12.1. The number of carbonyl (C=O) groups is 1. The Bertz CT molecular complexity index is 717. The predicted molar refractivity (Wildman–Crippen MR) is 87.9 cm³/mol. The molecule has 1 aliphatic heterocycles. The molecule has 1 atom stereocenters. The van der Waals surface area contributed by atoms with Gasteiger partial charge in [-0.25, -0.2) is 0 Å². The molecular formula is C17H16BrNO3. The van der Waals surface area contributed by atoms with E-state index in [0.29, 0.717) is 18.7 Å². The number of carbonyl (C=O) groups excluding carboxylic acids is 1. The number of ether oxygens (including phenoxy) is 1. The van der Waals surface area contributed by atoms with Crippen molar-refractivity contribution >= 4 is 27.5 Å². The van der Waals surface area contributed by atoms with Gasteiger partial charge in [-0.15, -0.1) is 0 Å². The van der Waals surface area contributed by atoms with Crippen molar-refractivity contribution in [2.24, 2.45) is 0 Å². The van der Waals surface area contributed by atoms with Gasteiger partial charge in [0, 0.05) is 15.6 Å². The van der Waals surface area contributed by atoms with Gasteiger partial charge in [-0.1, -0.05) is 34.1 Å². The normalized spacial score (nSPS) is 16.8. The summed E-state index contributed by atoms with van der Waals surface area (Å²) in [5, 5.41) is 10.2. The van der Waals surface area contributed by atoms with Crippen molar-refractivity contribution in [2.45, 2.75) is 19.6 Å². The average Bonchev–Trinajstić information content (AvgIpc) is 2.74. The number of hydrogen-bond donors (Lipinski definition) is 1. The van der Waals surface area contributed by atoms with E-state index in [1.165, 1.54) is 0 Å². The highest BCUT2D eigenvalue weighted by atomic mass is 79.9. The van der Waals surface area contributed by atoms with E-state index in [1.54, 1.807) is 11.0 Å². The minimum Gasteiger partial charge on any atom is -0.494 e. The number of para-hydroxylation sites is 1. The lowest BCUT2D eigenvalue weighted by Crippen LogP contribution is -2.28. The summed E-state index contributed by atoms with van der Waals surface area (Å²) in [5.41, 5.74) is 2.29. The van der Waals surface area contributed by atoms with E-state index in [-0.39, 0.29) is 5.91 Å². The lowest BCUT2D eigenvalue weighted by molar-refractivity contribution is -0.125. The van der Waals surface area contributed by atoms with Crippen LogP contribution < -0.4 is 9.64 Å². The van der Waals surface area contributed by atoms with Gasteiger partial charge in [-0.3, -0.25) is 4.79 Å². The Hall–Kier alpha value is -1.85. The van der Waals surface area contributed by atoms with Crippen molar-refractivity contribution < 1.29 is 14.6 Å². The van der Waals surface area contributed by atoms with Crippen molar-refractivity contribution in [1.29, 1.82) is 0 Å². The van der Waals surface area contributed by atoms with Crippen LogP contribution in [0.1, 0.15) is 24.2 Å². The quantitative estimate of drug-likeness (QED) is 0.907. The Morgan fingerprint density at radius 2 is 2.05 bits per heavy atom. The molecule has 22 heavy (non-hydrogen) atoms. The van der Waals surface area contributed by atoms with Crippen LogP contribution in [0.3, 0.4) is 0 Å². The molecule has 3 rings (SSSR count). The third-order valence-electron chi connectivity index (χ3n) is 3.68. The molecule has 0 saturated heterocycles. The first-order valence-electron chi connectivity index (χ1n) is 7.11. The maximum atomic E-state index is 12.4. The van der Waals surface area contributed by atoms with Crippen molar-refractivity contribution in [3.05, 3.63) is 58.1 Å². The topological polar surface area (TPSA) is 49.8 Å². The number of fused-ring (bicyclic) bond motifs is 1. The summed E-state index contributed by atoms with van der Waals surface area (Å²) in [6.45, 7) is 2.87. The van der Waals surface area contributed by atoms with Gasteiger partial charge in [0.25, 0.3) is 5.91 Å². The summed E-state index contributed by atoms with van der Waals surface area (Å²) in [6, 6.07) is 13.1. The van der Waals surface area contributed by atoms with Gasteiger partial charge in [0.1, 0.15) is 5.75 Å². The van der Waals surface area contributed by atoms with Crippen LogP contribution in [0.15, 0.2) is 46.9 Å². The monoisotopic (exact) mass is 361 g/mol. The molecule has 0 bridgehead atoms. The minimum atomic E-state index is -1.10. The Labute approximate surface area is 137 Å². The second kappa shape index (κ2) is 6.10.